The molecule has 0 aromatic rings. The zero-order chi connectivity index (χ0) is 10.7. The molecule has 2 fully saturated rings. The average molecular weight is 245 g/mol. The van der Waals surface area contributed by atoms with Crippen LogP contribution in [0.2, 0.25) is 0 Å². The second kappa shape index (κ2) is 5.33. The van der Waals surface area contributed by atoms with Crippen LogP contribution < -0.4 is 5.32 Å². The zero-order valence-corrected chi connectivity index (χ0v) is 11.6. The highest BCUT2D eigenvalue weighted by Crippen LogP contribution is 2.42. The minimum absolute atomic E-state index is 0.599. The van der Waals surface area contributed by atoms with Gasteiger partial charge in [0.05, 0.1) is 0 Å². The highest BCUT2D eigenvalue weighted by Gasteiger charge is 2.36. The van der Waals surface area contributed by atoms with E-state index < -0.39 is 0 Å². The van der Waals surface area contributed by atoms with Crippen molar-refractivity contribution in [3.63, 3.8) is 0 Å². The van der Waals surface area contributed by atoms with Gasteiger partial charge in [-0.2, -0.15) is 23.5 Å². The fraction of sp³-hybridized carbons (Fsp3) is 1.00. The van der Waals surface area contributed by atoms with E-state index in [1.165, 1.54) is 44.4 Å². The Bertz CT molecular complexity index is 198. The fourth-order valence-electron chi connectivity index (χ4n) is 2.53. The zero-order valence-electron chi connectivity index (χ0n) is 9.92. The normalized spacial score (nSPS) is 34.8. The molecule has 1 saturated carbocycles. The van der Waals surface area contributed by atoms with Crippen LogP contribution in [0.4, 0.5) is 0 Å². The Morgan fingerprint density at radius 1 is 1.40 bits per heavy atom. The van der Waals surface area contributed by atoms with Gasteiger partial charge < -0.3 is 5.32 Å². The molecular weight excluding hydrogens is 222 g/mol. The Morgan fingerprint density at radius 2 is 2.20 bits per heavy atom. The van der Waals surface area contributed by atoms with Crippen LogP contribution in [0.25, 0.3) is 0 Å². The van der Waals surface area contributed by atoms with E-state index in [1.807, 2.05) is 0 Å². The summed E-state index contributed by atoms with van der Waals surface area (Å²) in [5.41, 5.74) is 0. The average Bonchev–Trinajstić information content (AvgIpc) is 2.19. The second-order valence-electron chi connectivity index (χ2n) is 4.95. The maximum Gasteiger partial charge on any atom is 0.0281 e. The molecule has 0 aromatic heterocycles. The highest BCUT2D eigenvalue weighted by molar-refractivity contribution is 8.00. The van der Waals surface area contributed by atoms with Crippen molar-refractivity contribution in [3.8, 4) is 0 Å². The molecule has 0 bridgehead atoms. The van der Waals surface area contributed by atoms with Crippen LogP contribution in [0.3, 0.4) is 0 Å². The summed E-state index contributed by atoms with van der Waals surface area (Å²) in [5, 5.41) is 4.64. The van der Waals surface area contributed by atoms with E-state index >= 15 is 0 Å². The van der Waals surface area contributed by atoms with Crippen molar-refractivity contribution >= 4 is 23.5 Å². The lowest BCUT2D eigenvalue weighted by Crippen LogP contribution is -2.49. The van der Waals surface area contributed by atoms with E-state index in [0.29, 0.717) is 4.75 Å². The van der Waals surface area contributed by atoms with Gasteiger partial charge in [-0.05, 0) is 37.7 Å². The van der Waals surface area contributed by atoms with Crippen molar-refractivity contribution in [1.82, 2.24) is 5.32 Å². The summed E-state index contributed by atoms with van der Waals surface area (Å²) in [4.78, 5) is 0. The summed E-state index contributed by atoms with van der Waals surface area (Å²) in [7, 11) is 0. The first-order valence-corrected chi connectivity index (χ1v) is 8.43. The van der Waals surface area contributed by atoms with Crippen LogP contribution in [0.15, 0.2) is 0 Å². The van der Waals surface area contributed by atoms with Crippen molar-refractivity contribution < 1.29 is 0 Å². The summed E-state index contributed by atoms with van der Waals surface area (Å²) in [6.45, 7) is 3.62. The monoisotopic (exact) mass is 245 g/mol. The van der Waals surface area contributed by atoms with Crippen LogP contribution >= 0.6 is 23.5 Å². The van der Waals surface area contributed by atoms with Crippen LogP contribution in [-0.2, 0) is 0 Å². The standard InChI is InChI=1S/C12H23NS2/c1-10-11(5-3-8-15-10)13-9-12(14-2)6-4-7-12/h10-11,13H,3-9H2,1-2H3. The van der Waals surface area contributed by atoms with Gasteiger partial charge in [0, 0.05) is 22.6 Å². The molecule has 1 aliphatic heterocycles. The molecule has 0 aromatic carbocycles. The van der Waals surface area contributed by atoms with Crippen molar-refractivity contribution in [2.45, 2.75) is 55.1 Å². The van der Waals surface area contributed by atoms with Gasteiger partial charge in [0.25, 0.3) is 0 Å². The lowest BCUT2D eigenvalue weighted by molar-refractivity contribution is 0.322. The summed E-state index contributed by atoms with van der Waals surface area (Å²) in [5.74, 6) is 1.37. The lowest BCUT2D eigenvalue weighted by Gasteiger charge is -2.42. The molecule has 1 N–H and O–H groups in total. The van der Waals surface area contributed by atoms with E-state index in [9.17, 15) is 0 Å². The van der Waals surface area contributed by atoms with Crippen molar-refractivity contribution in [1.29, 1.82) is 0 Å². The summed E-state index contributed by atoms with van der Waals surface area (Å²) >= 11 is 4.22. The molecule has 2 unspecified atom stereocenters. The van der Waals surface area contributed by atoms with E-state index in [4.69, 9.17) is 0 Å². The summed E-state index contributed by atoms with van der Waals surface area (Å²) in [6.07, 6.45) is 9.36. The molecule has 2 atom stereocenters. The van der Waals surface area contributed by atoms with Gasteiger partial charge in [-0.3, -0.25) is 0 Å². The molecule has 88 valence electrons. The Kier molecular flexibility index (Phi) is 4.31. The molecule has 1 saturated heterocycles. The van der Waals surface area contributed by atoms with Gasteiger partial charge in [-0.15, -0.1) is 0 Å². The van der Waals surface area contributed by atoms with Gasteiger partial charge >= 0.3 is 0 Å². The second-order valence-corrected chi connectivity index (χ2v) is 7.71. The minimum atomic E-state index is 0.599. The molecule has 0 radical (unpaired) electrons. The predicted octanol–water partition coefficient (Wildman–Crippen LogP) is 3.15. The van der Waals surface area contributed by atoms with E-state index in [1.54, 1.807) is 0 Å². The van der Waals surface area contributed by atoms with Gasteiger partial charge in [0.1, 0.15) is 0 Å². The maximum atomic E-state index is 3.82. The molecule has 15 heavy (non-hydrogen) atoms. The first-order valence-electron chi connectivity index (χ1n) is 6.16. The smallest absolute Gasteiger partial charge is 0.0281 e. The van der Waals surface area contributed by atoms with Crippen molar-refractivity contribution in [3.05, 3.63) is 0 Å². The van der Waals surface area contributed by atoms with E-state index in [-0.39, 0.29) is 0 Å². The SMILES string of the molecule is CSC1(CNC2CCCSC2C)CCC1. The topological polar surface area (TPSA) is 12.0 Å². The van der Waals surface area contributed by atoms with Crippen LogP contribution in [0.1, 0.15) is 39.0 Å². The molecule has 3 heteroatoms. The van der Waals surface area contributed by atoms with Crippen molar-refractivity contribution in [2.75, 3.05) is 18.6 Å². The third-order valence-corrected chi connectivity index (χ3v) is 6.79. The number of nitrogens with one attached hydrogen (secondary N) is 1. The molecule has 1 nitrogen and oxygen atoms in total. The Hall–Kier alpha value is 0.660. The number of hydrogen-bond acceptors (Lipinski definition) is 3. The lowest BCUT2D eigenvalue weighted by atomic mass is 9.84. The quantitative estimate of drug-likeness (QED) is 0.817. The number of rotatable bonds is 4. The first-order chi connectivity index (χ1) is 7.26. The van der Waals surface area contributed by atoms with Crippen LogP contribution in [0, 0.1) is 0 Å². The third-order valence-electron chi connectivity index (χ3n) is 3.99. The van der Waals surface area contributed by atoms with E-state index in [2.05, 4.69) is 42.0 Å². The first kappa shape index (κ1) is 12.1. The van der Waals surface area contributed by atoms with Gasteiger partial charge in [0.15, 0.2) is 0 Å². The van der Waals surface area contributed by atoms with Crippen molar-refractivity contribution in [2.24, 2.45) is 0 Å². The Morgan fingerprint density at radius 3 is 2.73 bits per heavy atom. The predicted molar refractivity (Wildman–Crippen MR) is 73.0 cm³/mol. The Labute approximate surface area is 103 Å². The van der Waals surface area contributed by atoms with E-state index in [0.717, 1.165) is 11.3 Å². The van der Waals surface area contributed by atoms with Gasteiger partial charge in [-0.1, -0.05) is 13.3 Å². The molecule has 2 aliphatic rings. The third kappa shape index (κ3) is 2.86. The number of thioether (sulfide) groups is 2. The maximum absolute atomic E-state index is 3.82. The van der Waals surface area contributed by atoms with Crippen LogP contribution in [-0.4, -0.2) is 34.6 Å². The molecule has 1 heterocycles. The summed E-state index contributed by atoms with van der Waals surface area (Å²) < 4.78 is 0.599. The minimum Gasteiger partial charge on any atom is -0.312 e. The molecule has 0 amide bonds. The van der Waals surface area contributed by atoms with Gasteiger partial charge in [0.2, 0.25) is 0 Å². The molecule has 0 spiro atoms. The highest BCUT2D eigenvalue weighted by atomic mass is 32.2. The molecule has 2 rings (SSSR count). The van der Waals surface area contributed by atoms with Crippen LogP contribution in [0.5, 0.6) is 0 Å². The fourth-order valence-corrected chi connectivity index (χ4v) is 4.63. The number of hydrogen-bond donors (Lipinski definition) is 1. The molecular formula is C12H23NS2. The summed E-state index contributed by atoms with van der Waals surface area (Å²) in [6, 6.07) is 0.772. The largest absolute Gasteiger partial charge is 0.312 e. The molecule has 1 aliphatic carbocycles. The van der Waals surface area contributed by atoms with Gasteiger partial charge in [-0.25, -0.2) is 0 Å². The Balaban J connectivity index is 1.76.